The van der Waals surface area contributed by atoms with Crippen molar-refractivity contribution in [2.45, 2.75) is 4.90 Å². The SMILES string of the molecule is NS(=O)(=O)c1ccc(O)cc1-c1ccccc1. The summed E-state index contributed by atoms with van der Waals surface area (Å²) >= 11 is 0. The molecule has 5 heteroatoms. The van der Waals surface area contributed by atoms with Crippen LogP contribution in [-0.4, -0.2) is 13.5 Å². The van der Waals surface area contributed by atoms with Crippen LogP contribution in [0.25, 0.3) is 11.1 Å². The molecule has 0 aliphatic heterocycles. The van der Waals surface area contributed by atoms with Crippen LogP contribution in [0.2, 0.25) is 0 Å². The van der Waals surface area contributed by atoms with Gasteiger partial charge in [0.15, 0.2) is 0 Å². The molecule has 0 radical (unpaired) electrons. The largest absolute Gasteiger partial charge is 0.508 e. The molecular weight excluding hydrogens is 238 g/mol. The Labute approximate surface area is 99.4 Å². The third-order valence-electron chi connectivity index (χ3n) is 2.35. The summed E-state index contributed by atoms with van der Waals surface area (Å²) in [6, 6.07) is 12.9. The van der Waals surface area contributed by atoms with Crippen molar-refractivity contribution in [3.63, 3.8) is 0 Å². The minimum Gasteiger partial charge on any atom is -0.508 e. The van der Waals surface area contributed by atoms with Crippen LogP contribution in [0.1, 0.15) is 0 Å². The van der Waals surface area contributed by atoms with E-state index in [0.29, 0.717) is 11.1 Å². The number of benzene rings is 2. The van der Waals surface area contributed by atoms with Gasteiger partial charge in [0.1, 0.15) is 5.75 Å². The fourth-order valence-corrected chi connectivity index (χ4v) is 2.35. The molecule has 0 amide bonds. The molecule has 0 aliphatic rings. The van der Waals surface area contributed by atoms with E-state index in [1.807, 2.05) is 6.07 Å². The minimum absolute atomic E-state index is 0.00139. The Bertz CT molecular complexity index is 636. The second-order valence-corrected chi connectivity index (χ2v) is 5.12. The average molecular weight is 249 g/mol. The van der Waals surface area contributed by atoms with E-state index >= 15 is 0 Å². The first-order chi connectivity index (χ1) is 7.98. The zero-order valence-electron chi connectivity index (χ0n) is 8.87. The summed E-state index contributed by atoms with van der Waals surface area (Å²) in [5, 5.41) is 14.6. The van der Waals surface area contributed by atoms with E-state index < -0.39 is 10.0 Å². The minimum atomic E-state index is -3.81. The number of aromatic hydroxyl groups is 1. The molecule has 2 aromatic carbocycles. The van der Waals surface area contributed by atoms with Gasteiger partial charge in [0.25, 0.3) is 0 Å². The van der Waals surface area contributed by atoms with Crippen LogP contribution in [0.4, 0.5) is 0 Å². The summed E-state index contributed by atoms with van der Waals surface area (Å²) < 4.78 is 22.9. The molecule has 0 aromatic heterocycles. The molecule has 2 rings (SSSR count). The summed E-state index contributed by atoms with van der Waals surface area (Å²) in [4.78, 5) is 0.00139. The molecule has 0 saturated heterocycles. The van der Waals surface area contributed by atoms with Crippen molar-refractivity contribution < 1.29 is 13.5 Å². The number of rotatable bonds is 2. The van der Waals surface area contributed by atoms with Crippen LogP contribution in [0.5, 0.6) is 5.75 Å². The number of hydrogen-bond donors (Lipinski definition) is 2. The topological polar surface area (TPSA) is 80.4 Å². The van der Waals surface area contributed by atoms with E-state index in [1.54, 1.807) is 24.3 Å². The molecule has 0 heterocycles. The summed E-state index contributed by atoms with van der Waals surface area (Å²) in [5.41, 5.74) is 1.08. The lowest BCUT2D eigenvalue weighted by molar-refractivity contribution is 0.475. The van der Waals surface area contributed by atoms with E-state index in [9.17, 15) is 13.5 Å². The number of primary sulfonamides is 1. The van der Waals surface area contributed by atoms with Crippen molar-refractivity contribution in [3.05, 3.63) is 48.5 Å². The van der Waals surface area contributed by atoms with Crippen LogP contribution < -0.4 is 5.14 Å². The Balaban J connectivity index is 2.72. The summed E-state index contributed by atoms with van der Waals surface area (Å²) in [5.74, 6) is -0.00347. The molecule has 17 heavy (non-hydrogen) atoms. The maximum Gasteiger partial charge on any atom is 0.238 e. The van der Waals surface area contributed by atoms with Crippen molar-refractivity contribution in [3.8, 4) is 16.9 Å². The molecule has 88 valence electrons. The number of hydrogen-bond acceptors (Lipinski definition) is 3. The third kappa shape index (κ3) is 2.46. The standard InChI is InChI=1S/C12H11NO3S/c13-17(15,16)12-7-6-10(14)8-11(12)9-4-2-1-3-5-9/h1-8,14H,(H2,13,15,16). The zero-order valence-corrected chi connectivity index (χ0v) is 9.68. The third-order valence-corrected chi connectivity index (χ3v) is 3.32. The highest BCUT2D eigenvalue weighted by molar-refractivity contribution is 7.89. The van der Waals surface area contributed by atoms with Crippen LogP contribution in [0.15, 0.2) is 53.4 Å². The molecule has 0 fully saturated rings. The van der Waals surface area contributed by atoms with Gasteiger partial charge in [0.05, 0.1) is 4.90 Å². The molecule has 0 unspecified atom stereocenters. The van der Waals surface area contributed by atoms with Gasteiger partial charge in [-0.05, 0) is 23.8 Å². The summed E-state index contributed by atoms with van der Waals surface area (Å²) in [6.45, 7) is 0. The van der Waals surface area contributed by atoms with Crippen LogP contribution >= 0.6 is 0 Å². The highest BCUT2D eigenvalue weighted by Crippen LogP contribution is 2.29. The maximum absolute atomic E-state index is 11.4. The molecule has 0 saturated carbocycles. The Morgan fingerprint density at radius 2 is 1.65 bits per heavy atom. The van der Waals surface area contributed by atoms with Crippen LogP contribution in [-0.2, 0) is 10.0 Å². The van der Waals surface area contributed by atoms with Crippen LogP contribution in [0.3, 0.4) is 0 Å². The molecule has 0 atom stereocenters. The zero-order chi connectivity index (χ0) is 12.5. The Kier molecular flexibility index (Phi) is 2.87. The second-order valence-electron chi connectivity index (χ2n) is 3.59. The first-order valence-corrected chi connectivity index (χ1v) is 6.44. The van der Waals surface area contributed by atoms with Crippen molar-refractivity contribution in [2.75, 3.05) is 0 Å². The van der Waals surface area contributed by atoms with E-state index in [0.717, 1.165) is 0 Å². The van der Waals surface area contributed by atoms with Crippen LogP contribution in [0, 0.1) is 0 Å². The number of sulfonamides is 1. The van der Waals surface area contributed by atoms with Crippen molar-refractivity contribution in [2.24, 2.45) is 5.14 Å². The fraction of sp³-hybridized carbons (Fsp3) is 0. The monoisotopic (exact) mass is 249 g/mol. The summed E-state index contributed by atoms with van der Waals surface area (Å²) in [7, 11) is -3.81. The molecule has 3 N–H and O–H groups in total. The lowest BCUT2D eigenvalue weighted by atomic mass is 10.1. The Hall–Kier alpha value is -1.85. The first kappa shape index (κ1) is 11.6. The number of phenolic OH excluding ortho intramolecular Hbond substituents is 1. The molecule has 0 spiro atoms. The predicted molar refractivity (Wildman–Crippen MR) is 64.9 cm³/mol. The highest BCUT2D eigenvalue weighted by atomic mass is 32.2. The van der Waals surface area contributed by atoms with Gasteiger partial charge in [0.2, 0.25) is 10.0 Å². The summed E-state index contributed by atoms with van der Waals surface area (Å²) in [6.07, 6.45) is 0. The average Bonchev–Trinajstić information content (AvgIpc) is 2.28. The number of phenols is 1. The number of nitrogens with two attached hydrogens (primary N) is 1. The van der Waals surface area contributed by atoms with Gasteiger partial charge in [-0.15, -0.1) is 0 Å². The lowest BCUT2D eigenvalue weighted by Crippen LogP contribution is -2.13. The van der Waals surface area contributed by atoms with Crippen molar-refractivity contribution in [1.29, 1.82) is 0 Å². The van der Waals surface area contributed by atoms with Gasteiger partial charge in [-0.3, -0.25) is 0 Å². The fourth-order valence-electron chi connectivity index (χ4n) is 1.61. The normalized spacial score (nSPS) is 11.4. The maximum atomic E-state index is 11.4. The van der Waals surface area contributed by atoms with Gasteiger partial charge >= 0.3 is 0 Å². The van der Waals surface area contributed by atoms with Gasteiger partial charge in [-0.25, -0.2) is 13.6 Å². The van der Waals surface area contributed by atoms with Gasteiger partial charge < -0.3 is 5.11 Å². The molecule has 0 aliphatic carbocycles. The van der Waals surface area contributed by atoms with Crippen molar-refractivity contribution in [1.82, 2.24) is 0 Å². The smallest absolute Gasteiger partial charge is 0.238 e. The Morgan fingerprint density at radius 1 is 1.00 bits per heavy atom. The quantitative estimate of drug-likeness (QED) is 0.850. The van der Waals surface area contributed by atoms with Crippen molar-refractivity contribution >= 4 is 10.0 Å². The highest BCUT2D eigenvalue weighted by Gasteiger charge is 2.15. The molecule has 4 nitrogen and oxygen atoms in total. The molecule has 2 aromatic rings. The van der Waals surface area contributed by atoms with E-state index in [2.05, 4.69) is 0 Å². The second kappa shape index (κ2) is 4.20. The molecule has 0 bridgehead atoms. The van der Waals surface area contributed by atoms with E-state index in [1.165, 1.54) is 18.2 Å². The van der Waals surface area contributed by atoms with E-state index in [4.69, 9.17) is 5.14 Å². The van der Waals surface area contributed by atoms with Gasteiger partial charge in [-0.1, -0.05) is 30.3 Å². The lowest BCUT2D eigenvalue weighted by Gasteiger charge is -2.08. The van der Waals surface area contributed by atoms with Gasteiger partial charge in [-0.2, -0.15) is 0 Å². The van der Waals surface area contributed by atoms with E-state index in [-0.39, 0.29) is 10.6 Å². The first-order valence-electron chi connectivity index (χ1n) is 4.90. The Morgan fingerprint density at radius 3 is 2.24 bits per heavy atom. The predicted octanol–water partition coefficient (Wildman–Crippen LogP) is 1.71. The van der Waals surface area contributed by atoms with Gasteiger partial charge in [0, 0.05) is 5.56 Å². The molecular formula is C12H11NO3S.